The summed E-state index contributed by atoms with van der Waals surface area (Å²) in [7, 11) is 0. The van der Waals surface area contributed by atoms with Crippen molar-refractivity contribution < 1.29 is 9.72 Å². The second-order valence-corrected chi connectivity index (χ2v) is 3.81. The Hall–Kier alpha value is -2.84. The number of amides is 1. The predicted molar refractivity (Wildman–Crippen MR) is 64.3 cm³/mol. The van der Waals surface area contributed by atoms with Crippen LogP contribution in [-0.4, -0.2) is 31.5 Å². The van der Waals surface area contributed by atoms with Crippen molar-refractivity contribution in [2.75, 3.05) is 5.32 Å². The SMILES string of the molecule is Cc1cc(NC(=O)Cc2nn[nH]n2)ccc1[N+](=O)[O-]. The molecule has 0 radical (unpaired) electrons. The molecule has 0 unspecified atom stereocenters. The average molecular weight is 262 g/mol. The maximum atomic E-state index is 11.6. The van der Waals surface area contributed by atoms with Crippen LogP contribution in [0, 0.1) is 17.0 Å². The predicted octanol–water partition coefficient (Wildman–Crippen LogP) is 0.598. The molecular weight excluding hydrogens is 252 g/mol. The van der Waals surface area contributed by atoms with Gasteiger partial charge >= 0.3 is 0 Å². The molecule has 0 spiro atoms. The zero-order chi connectivity index (χ0) is 13.8. The van der Waals surface area contributed by atoms with Crippen molar-refractivity contribution in [3.8, 4) is 0 Å². The van der Waals surface area contributed by atoms with E-state index in [4.69, 9.17) is 0 Å². The monoisotopic (exact) mass is 262 g/mol. The second kappa shape index (κ2) is 5.21. The van der Waals surface area contributed by atoms with Crippen molar-refractivity contribution in [2.24, 2.45) is 0 Å². The summed E-state index contributed by atoms with van der Waals surface area (Å²) in [5, 5.41) is 26.2. The third kappa shape index (κ3) is 3.09. The van der Waals surface area contributed by atoms with Crippen LogP contribution in [0.2, 0.25) is 0 Å². The number of anilines is 1. The number of aromatic amines is 1. The zero-order valence-electron chi connectivity index (χ0n) is 9.95. The van der Waals surface area contributed by atoms with E-state index in [1.54, 1.807) is 6.92 Å². The van der Waals surface area contributed by atoms with Gasteiger partial charge in [0.15, 0.2) is 5.82 Å². The van der Waals surface area contributed by atoms with Gasteiger partial charge in [-0.15, -0.1) is 10.2 Å². The van der Waals surface area contributed by atoms with Crippen LogP contribution >= 0.6 is 0 Å². The van der Waals surface area contributed by atoms with E-state index in [-0.39, 0.29) is 23.8 Å². The lowest BCUT2D eigenvalue weighted by atomic mass is 10.2. The fraction of sp³-hybridized carbons (Fsp3) is 0.200. The van der Waals surface area contributed by atoms with Gasteiger partial charge in [0.2, 0.25) is 5.91 Å². The molecule has 2 rings (SSSR count). The van der Waals surface area contributed by atoms with Crippen LogP contribution in [0.1, 0.15) is 11.4 Å². The van der Waals surface area contributed by atoms with Gasteiger partial charge in [-0.25, -0.2) is 0 Å². The third-order valence-electron chi connectivity index (χ3n) is 2.39. The molecule has 1 aromatic carbocycles. The fourth-order valence-corrected chi connectivity index (χ4v) is 1.54. The van der Waals surface area contributed by atoms with E-state index in [1.807, 2.05) is 0 Å². The van der Waals surface area contributed by atoms with Gasteiger partial charge in [0.1, 0.15) is 0 Å². The molecule has 0 saturated carbocycles. The minimum absolute atomic E-state index is 0.0103. The molecule has 0 bridgehead atoms. The van der Waals surface area contributed by atoms with Gasteiger partial charge in [-0.1, -0.05) is 5.21 Å². The van der Waals surface area contributed by atoms with Crippen molar-refractivity contribution in [1.82, 2.24) is 20.6 Å². The molecule has 2 aromatic rings. The highest BCUT2D eigenvalue weighted by Crippen LogP contribution is 2.21. The van der Waals surface area contributed by atoms with Crippen LogP contribution in [0.4, 0.5) is 11.4 Å². The van der Waals surface area contributed by atoms with Gasteiger partial charge in [-0.2, -0.15) is 5.21 Å². The summed E-state index contributed by atoms with van der Waals surface area (Å²) in [6.07, 6.45) is -0.0213. The summed E-state index contributed by atoms with van der Waals surface area (Å²) in [6.45, 7) is 1.60. The smallest absolute Gasteiger partial charge is 0.272 e. The number of nitro groups is 1. The molecule has 0 aliphatic rings. The Balaban J connectivity index is 2.05. The first-order valence-corrected chi connectivity index (χ1v) is 5.33. The average Bonchev–Trinajstić information content (AvgIpc) is 2.81. The Labute approximate surface area is 107 Å². The van der Waals surface area contributed by atoms with E-state index in [2.05, 4.69) is 25.9 Å². The van der Waals surface area contributed by atoms with Gasteiger partial charge in [-0.3, -0.25) is 14.9 Å². The Morgan fingerprint density at radius 3 is 2.89 bits per heavy atom. The van der Waals surface area contributed by atoms with Crippen molar-refractivity contribution >= 4 is 17.3 Å². The van der Waals surface area contributed by atoms with Crippen molar-refractivity contribution in [2.45, 2.75) is 13.3 Å². The minimum atomic E-state index is -0.472. The lowest BCUT2D eigenvalue weighted by Gasteiger charge is -2.04. The molecule has 1 amide bonds. The van der Waals surface area contributed by atoms with Crippen LogP contribution in [0.15, 0.2) is 18.2 Å². The Kier molecular flexibility index (Phi) is 3.46. The largest absolute Gasteiger partial charge is 0.326 e. The van der Waals surface area contributed by atoms with E-state index in [0.29, 0.717) is 11.3 Å². The summed E-state index contributed by atoms with van der Waals surface area (Å²) in [4.78, 5) is 21.8. The Bertz CT molecular complexity index is 610. The lowest BCUT2D eigenvalue weighted by molar-refractivity contribution is -0.385. The van der Waals surface area contributed by atoms with Crippen LogP contribution in [0.3, 0.4) is 0 Å². The van der Waals surface area contributed by atoms with E-state index in [1.165, 1.54) is 18.2 Å². The van der Waals surface area contributed by atoms with E-state index < -0.39 is 4.92 Å². The van der Waals surface area contributed by atoms with Gasteiger partial charge < -0.3 is 5.32 Å². The molecule has 0 aliphatic heterocycles. The van der Waals surface area contributed by atoms with Crippen LogP contribution in [0.5, 0.6) is 0 Å². The van der Waals surface area contributed by atoms with Gasteiger partial charge in [0.25, 0.3) is 5.69 Å². The summed E-state index contributed by atoms with van der Waals surface area (Å²) in [5.74, 6) is -0.0502. The number of aromatic nitrogens is 4. The molecule has 1 aromatic heterocycles. The number of carbonyl (C=O) groups is 1. The fourth-order valence-electron chi connectivity index (χ4n) is 1.54. The molecular formula is C10H10N6O3. The number of nitro benzene ring substituents is 1. The molecule has 19 heavy (non-hydrogen) atoms. The van der Waals surface area contributed by atoms with Crippen molar-refractivity contribution in [1.29, 1.82) is 0 Å². The third-order valence-corrected chi connectivity index (χ3v) is 2.39. The number of carbonyl (C=O) groups excluding carboxylic acids is 1. The topological polar surface area (TPSA) is 127 Å². The van der Waals surface area contributed by atoms with Crippen LogP contribution in [0.25, 0.3) is 0 Å². The molecule has 2 N–H and O–H groups in total. The molecule has 0 atom stereocenters. The summed E-state index contributed by atoms with van der Waals surface area (Å²) in [6, 6.07) is 4.35. The maximum absolute atomic E-state index is 11.6. The first kappa shape index (κ1) is 12.6. The quantitative estimate of drug-likeness (QED) is 0.613. The molecule has 0 aliphatic carbocycles. The zero-order valence-corrected chi connectivity index (χ0v) is 9.95. The number of hydrogen-bond donors (Lipinski definition) is 2. The molecule has 1 heterocycles. The summed E-state index contributed by atoms with van der Waals surface area (Å²) >= 11 is 0. The summed E-state index contributed by atoms with van der Waals surface area (Å²) < 4.78 is 0. The van der Waals surface area contributed by atoms with Crippen molar-refractivity contribution in [3.05, 3.63) is 39.7 Å². The van der Waals surface area contributed by atoms with E-state index in [9.17, 15) is 14.9 Å². The number of nitrogens with one attached hydrogen (secondary N) is 2. The van der Waals surface area contributed by atoms with E-state index >= 15 is 0 Å². The molecule has 0 fully saturated rings. The molecule has 9 nitrogen and oxygen atoms in total. The molecule has 9 heteroatoms. The van der Waals surface area contributed by atoms with Gasteiger partial charge in [0, 0.05) is 17.3 Å². The molecule has 98 valence electrons. The first-order valence-electron chi connectivity index (χ1n) is 5.33. The Morgan fingerprint density at radius 2 is 2.32 bits per heavy atom. The van der Waals surface area contributed by atoms with Crippen LogP contribution < -0.4 is 5.32 Å². The summed E-state index contributed by atoms with van der Waals surface area (Å²) in [5.41, 5.74) is 0.968. The van der Waals surface area contributed by atoms with Crippen molar-refractivity contribution in [3.63, 3.8) is 0 Å². The highest BCUT2D eigenvalue weighted by Gasteiger charge is 2.12. The van der Waals surface area contributed by atoms with Crippen LogP contribution in [-0.2, 0) is 11.2 Å². The maximum Gasteiger partial charge on any atom is 0.272 e. The number of aryl methyl sites for hydroxylation is 1. The number of tetrazole rings is 1. The standard InChI is InChI=1S/C10H10N6O3/c1-6-4-7(2-3-8(6)16(18)19)11-10(17)5-9-12-14-15-13-9/h2-4H,5H2,1H3,(H,11,17)(H,12,13,14,15). The number of hydrogen-bond acceptors (Lipinski definition) is 6. The molecule has 0 saturated heterocycles. The number of benzene rings is 1. The number of nitrogens with zero attached hydrogens (tertiary/aromatic N) is 4. The highest BCUT2D eigenvalue weighted by molar-refractivity contribution is 5.92. The highest BCUT2D eigenvalue weighted by atomic mass is 16.6. The van der Waals surface area contributed by atoms with E-state index in [0.717, 1.165) is 0 Å². The first-order chi connectivity index (χ1) is 9.06. The van der Waals surface area contributed by atoms with Gasteiger partial charge in [0.05, 0.1) is 11.3 Å². The normalized spacial score (nSPS) is 10.2. The lowest BCUT2D eigenvalue weighted by Crippen LogP contribution is -2.15. The van der Waals surface area contributed by atoms with Gasteiger partial charge in [-0.05, 0) is 19.1 Å². The minimum Gasteiger partial charge on any atom is -0.326 e. The Morgan fingerprint density at radius 1 is 1.53 bits per heavy atom. The number of H-pyrrole nitrogens is 1. The number of rotatable bonds is 4. The second-order valence-electron chi connectivity index (χ2n) is 3.81.